The number of esters is 1. The molecule has 150 valence electrons. The lowest BCUT2D eigenvalue weighted by Crippen LogP contribution is -2.32. The molecule has 30 heavy (non-hydrogen) atoms. The number of anilines is 1. The Bertz CT molecular complexity index is 1100. The van der Waals surface area contributed by atoms with Crippen molar-refractivity contribution in [3.63, 3.8) is 0 Å². The first kappa shape index (κ1) is 17.6. The van der Waals surface area contributed by atoms with E-state index in [4.69, 9.17) is 9.47 Å². The number of ether oxygens (including phenoxy) is 2. The van der Waals surface area contributed by atoms with E-state index >= 15 is 0 Å². The second-order valence-electron chi connectivity index (χ2n) is 8.37. The lowest BCUT2D eigenvalue weighted by molar-refractivity contribution is 0.0225. The Balaban J connectivity index is 1.56. The SMILES string of the molecule is O=C1OC2(c3ccccc3Oc3ccccc32)c2cccc(NC3CCCCC3)c21. The van der Waals surface area contributed by atoms with Crippen LogP contribution in [0.3, 0.4) is 0 Å². The Hall–Kier alpha value is -3.27. The molecule has 2 heterocycles. The van der Waals surface area contributed by atoms with Gasteiger partial charge in [0.05, 0.1) is 5.56 Å². The van der Waals surface area contributed by atoms with Crippen LogP contribution in [0.4, 0.5) is 5.69 Å². The van der Waals surface area contributed by atoms with Crippen molar-refractivity contribution < 1.29 is 14.3 Å². The number of fused-ring (bicyclic) bond motifs is 6. The van der Waals surface area contributed by atoms with E-state index in [2.05, 4.69) is 5.32 Å². The van der Waals surface area contributed by atoms with Gasteiger partial charge < -0.3 is 14.8 Å². The van der Waals surface area contributed by atoms with Crippen LogP contribution in [0, 0.1) is 0 Å². The van der Waals surface area contributed by atoms with Gasteiger partial charge in [0.15, 0.2) is 5.60 Å². The summed E-state index contributed by atoms with van der Waals surface area (Å²) in [4.78, 5) is 13.3. The molecule has 6 rings (SSSR count). The minimum atomic E-state index is -0.984. The zero-order valence-corrected chi connectivity index (χ0v) is 16.7. The monoisotopic (exact) mass is 397 g/mol. The van der Waals surface area contributed by atoms with Crippen LogP contribution in [0.1, 0.15) is 59.2 Å². The maximum atomic E-state index is 13.3. The van der Waals surface area contributed by atoms with Crippen molar-refractivity contribution in [1.29, 1.82) is 0 Å². The molecule has 1 fully saturated rings. The molecule has 0 saturated heterocycles. The van der Waals surface area contributed by atoms with Crippen molar-refractivity contribution in [2.45, 2.75) is 43.7 Å². The molecule has 0 amide bonds. The molecule has 0 bridgehead atoms. The van der Waals surface area contributed by atoms with Gasteiger partial charge in [0.2, 0.25) is 0 Å². The van der Waals surface area contributed by atoms with E-state index in [0.717, 1.165) is 46.7 Å². The van der Waals surface area contributed by atoms with E-state index in [1.807, 2.05) is 66.7 Å². The van der Waals surface area contributed by atoms with Crippen molar-refractivity contribution >= 4 is 11.7 Å². The van der Waals surface area contributed by atoms with Gasteiger partial charge in [-0.05, 0) is 31.0 Å². The van der Waals surface area contributed by atoms with Crippen molar-refractivity contribution in [2.24, 2.45) is 0 Å². The molecule has 1 N–H and O–H groups in total. The average Bonchev–Trinajstić information content (AvgIpc) is 3.09. The molecule has 0 radical (unpaired) electrons. The zero-order chi connectivity index (χ0) is 20.1. The number of carbonyl (C=O) groups excluding carboxylic acids is 1. The molecule has 1 spiro atoms. The van der Waals surface area contributed by atoms with Crippen LogP contribution in [0.2, 0.25) is 0 Å². The Kier molecular flexibility index (Phi) is 3.88. The Labute approximate surface area is 175 Å². The van der Waals surface area contributed by atoms with E-state index < -0.39 is 5.60 Å². The normalized spacial score (nSPS) is 18.7. The second kappa shape index (κ2) is 6.63. The van der Waals surface area contributed by atoms with Gasteiger partial charge in [-0.1, -0.05) is 67.8 Å². The lowest BCUT2D eigenvalue weighted by Gasteiger charge is -2.36. The molecule has 1 aliphatic carbocycles. The number of hydrogen-bond donors (Lipinski definition) is 1. The highest BCUT2D eigenvalue weighted by Crippen LogP contribution is 2.56. The molecule has 0 atom stereocenters. The first-order valence-electron chi connectivity index (χ1n) is 10.8. The highest BCUT2D eigenvalue weighted by Gasteiger charge is 2.54. The maximum Gasteiger partial charge on any atom is 0.342 e. The third kappa shape index (κ3) is 2.43. The summed E-state index contributed by atoms with van der Waals surface area (Å²) in [5, 5.41) is 3.65. The van der Waals surface area contributed by atoms with Gasteiger partial charge in [0, 0.05) is 28.4 Å². The fourth-order valence-corrected chi connectivity index (χ4v) is 5.25. The highest BCUT2D eigenvalue weighted by atomic mass is 16.6. The summed E-state index contributed by atoms with van der Waals surface area (Å²) in [5.41, 5.74) is 3.16. The van der Waals surface area contributed by atoms with Gasteiger partial charge in [-0.3, -0.25) is 0 Å². The smallest absolute Gasteiger partial charge is 0.342 e. The molecule has 0 aromatic heterocycles. The van der Waals surface area contributed by atoms with Gasteiger partial charge in [0.25, 0.3) is 0 Å². The minimum Gasteiger partial charge on any atom is -0.456 e. The topological polar surface area (TPSA) is 47.6 Å². The van der Waals surface area contributed by atoms with Crippen molar-refractivity contribution in [3.05, 3.63) is 89.0 Å². The van der Waals surface area contributed by atoms with Crippen LogP contribution in [0.25, 0.3) is 0 Å². The number of carbonyl (C=O) groups is 1. The summed E-state index contributed by atoms with van der Waals surface area (Å²) in [6.07, 6.45) is 6.05. The lowest BCUT2D eigenvalue weighted by atomic mass is 9.77. The molecule has 3 aliphatic rings. The average molecular weight is 397 g/mol. The van der Waals surface area contributed by atoms with Crippen LogP contribution in [-0.4, -0.2) is 12.0 Å². The summed E-state index contributed by atoms with van der Waals surface area (Å²) < 4.78 is 12.4. The van der Waals surface area contributed by atoms with E-state index in [1.54, 1.807) is 0 Å². The first-order valence-corrected chi connectivity index (χ1v) is 10.8. The van der Waals surface area contributed by atoms with E-state index in [0.29, 0.717) is 11.6 Å². The molecule has 0 unspecified atom stereocenters. The van der Waals surface area contributed by atoms with E-state index in [1.165, 1.54) is 19.3 Å². The van der Waals surface area contributed by atoms with Crippen LogP contribution >= 0.6 is 0 Å². The van der Waals surface area contributed by atoms with Crippen LogP contribution < -0.4 is 10.1 Å². The van der Waals surface area contributed by atoms with E-state index in [-0.39, 0.29) is 5.97 Å². The van der Waals surface area contributed by atoms with Crippen LogP contribution in [0.5, 0.6) is 11.5 Å². The van der Waals surface area contributed by atoms with Crippen LogP contribution in [0.15, 0.2) is 66.7 Å². The number of rotatable bonds is 2. The third-order valence-corrected chi connectivity index (χ3v) is 6.61. The largest absolute Gasteiger partial charge is 0.456 e. The number of hydrogen-bond acceptors (Lipinski definition) is 4. The fraction of sp³-hybridized carbons (Fsp3) is 0.269. The van der Waals surface area contributed by atoms with Gasteiger partial charge >= 0.3 is 5.97 Å². The van der Waals surface area contributed by atoms with Crippen molar-refractivity contribution in [1.82, 2.24) is 0 Å². The summed E-state index contributed by atoms with van der Waals surface area (Å²) in [7, 11) is 0. The number of benzene rings is 3. The van der Waals surface area contributed by atoms with Gasteiger partial charge in [-0.15, -0.1) is 0 Å². The molecule has 3 aromatic rings. The summed E-state index contributed by atoms with van der Waals surface area (Å²) >= 11 is 0. The van der Waals surface area contributed by atoms with Gasteiger partial charge in [0.1, 0.15) is 11.5 Å². The minimum absolute atomic E-state index is 0.282. The summed E-state index contributed by atoms with van der Waals surface area (Å²) in [6, 6.07) is 22.1. The molecular formula is C26H23NO3. The quantitative estimate of drug-likeness (QED) is 0.539. The van der Waals surface area contributed by atoms with Gasteiger partial charge in [-0.2, -0.15) is 0 Å². The number of nitrogens with one attached hydrogen (secondary N) is 1. The first-order chi connectivity index (χ1) is 14.8. The van der Waals surface area contributed by atoms with Crippen LogP contribution in [-0.2, 0) is 10.3 Å². The molecular weight excluding hydrogens is 374 g/mol. The van der Waals surface area contributed by atoms with Crippen molar-refractivity contribution in [3.8, 4) is 11.5 Å². The zero-order valence-electron chi connectivity index (χ0n) is 16.7. The second-order valence-corrected chi connectivity index (χ2v) is 8.37. The Morgan fingerprint density at radius 3 is 2.10 bits per heavy atom. The molecule has 3 aromatic carbocycles. The Morgan fingerprint density at radius 1 is 0.767 bits per heavy atom. The molecule has 1 saturated carbocycles. The highest BCUT2D eigenvalue weighted by molar-refractivity contribution is 6.02. The standard InChI is InChI=1S/C26H23NO3/c28-25-24-20(13-8-14-21(24)27-17-9-2-1-3-10-17)26(30-25)18-11-4-6-15-22(18)29-23-16-7-5-12-19(23)26/h4-8,11-17,27H,1-3,9-10H2. The van der Waals surface area contributed by atoms with E-state index in [9.17, 15) is 4.79 Å². The maximum absolute atomic E-state index is 13.3. The number of para-hydroxylation sites is 2. The molecule has 4 heteroatoms. The third-order valence-electron chi connectivity index (χ3n) is 6.61. The van der Waals surface area contributed by atoms with Crippen molar-refractivity contribution in [2.75, 3.05) is 5.32 Å². The Morgan fingerprint density at radius 2 is 1.40 bits per heavy atom. The molecule has 2 aliphatic heterocycles. The van der Waals surface area contributed by atoms with Gasteiger partial charge in [-0.25, -0.2) is 4.79 Å². The predicted octanol–water partition coefficient (Wildman–Crippen LogP) is 6.00. The summed E-state index contributed by atoms with van der Waals surface area (Å²) in [5.74, 6) is 1.17. The fourth-order valence-electron chi connectivity index (χ4n) is 5.25. The molecule has 4 nitrogen and oxygen atoms in total. The predicted molar refractivity (Wildman–Crippen MR) is 115 cm³/mol. The summed E-state index contributed by atoms with van der Waals surface area (Å²) in [6.45, 7) is 0.